The fraction of sp³-hybridized carbons (Fsp3) is 0.944. The molecule has 0 aliphatic rings. The molecular formula is C36H70AlO4Zn+3. The second-order valence-electron chi connectivity index (χ2n) is 12.1. The van der Waals surface area contributed by atoms with Gasteiger partial charge in [0, 0.05) is 11.9 Å². The maximum absolute atomic E-state index is 10.2. The van der Waals surface area contributed by atoms with Crippen LogP contribution in [0.1, 0.15) is 219 Å². The molecule has 0 radical (unpaired) electrons. The predicted octanol–water partition coefficient (Wildman–Crippen LogP) is 9.61. The Labute approximate surface area is 286 Å². The summed E-state index contributed by atoms with van der Waals surface area (Å²) in [5.41, 5.74) is 0. The standard InChI is InChI=1S/2C18H36O2.Al.Zn/c2*1-2-3-4-5-6-7-8-9-10-11-12-13-14-15-16-17-18(19)20;;/h2*2-17H2,1H3,(H,19,20);;/q;;+3;+2/p-2. The van der Waals surface area contributed by atoms with Crippen molar-refractivity contribution in [2.75, 3.05) is 0 Å². The number of rotatable bonds is 32. The molecule has 0 aromatic heterocycles. The Morgan fingerprint density at radius 3 is 0.619 bits per heavy atom. The third-order valence-corrected chi connectivity index (χ3v) is 7.97. The van der Waals surface area contributed by atoms with Gasteiger partial charge in [0.1, 0.15) is 0 Å². The van der Waals surface area contributed by atoms with Crippen molar-refractivity contribution in [3.8, 4) is 0 Å². The van der Waals surface area contributed by atoms with Gasteiger partial charge in [0.2, 0.25) is 0 Å². The Kier molecular flexibility index (Phi) is 53.1. The third-order valence-electron chi connectivity index (χ3n) is 7.97. The molecule has 0 saturated heterocycles. The molecule has 0 fully saturated rings. The summed E-state index contributed by atoms with van der Waals surface area (Å²) < 4.78 is 0. The number of hydrogen-bond acceptors (Lipinski definition) is 4. The van der Waals surface area contributed by atoms with Gasteiger partial charge in [-0.1, -0.05) is 194 Å². The van der Waals surface area contributed by atoms with Crippen molar-refractivity contribution in [2.24, 2.45) is 0 Å². The van der Waals surface area contributed by atoms with Crippen molar-refractivity contribution in [1.29, 1.82) is 0 Å². The van der Waals surface area contributed by atoms with Gasteiger partial charge < -0.3 is 19.8 Å². The first kappa shape index (κ1) is 49.0. The zero-order valence-electron chi connectivity index (χ0n) is 28.5. The van der Waals surface area contributed by atoms with Gasteiger partial charge in [-0.2, -0.15) is 0 Å². The summed E-state index contributed by atoms with van der Waals surface area (Å²) >= 11 is 0. The first-order valence-electron chi connectivity index (χ1n) is 17.9. The Bertz CT molecular complexity index is 461. The molecule has 0 aliphatic carbocycles. The van der Waals surface area contributed by atoms with Crippen LogP contribution in [0.2, 0.25) is 0 Å². The minimum absolute atomic E-state index is 0. The molecule has 0 rings (SSSR count). The van der Waals surface area contributed by atoms with E-state index in [4.69, 9.17) is 0 Å². The molecule has 0 aromatic carbocycles. The van der Waals surface area contributed by atoms with Crippen LogP contribution in [0.25, 0.3) is 0 Å². The van der Waals surface area contributed by atoms with E-state index in [9.17, 15) is 19.8 Å². The van der Waals surface area contributed by atoms with E-state index < -0.39 is 11.9 Å². The zero-order chi connectivity index (χ0) is 29.8. The molecule has 4 nitrogen and oxygen atoms in total. The number of aliphatic carboxylic acids is 2. The predicted molar refractivity (Wildman–Crippen MR) is 175 cm³/mol. The second kappa shape index (κ2) is 45.5. The molecular weight excluding hydrogens is 589 g/mol. The molecule has 0 spiro atoms. The Morgan fingerprint density at radius 1 is 0.333 bits per heavy atom. The SMILES string of the molecule is CCCCCCCCCCCCCCCCCC(=O)[O-].CCCCCCCCCCCCCCCCCC(=O)[O-].[Al+3].[Zn+2]. The Hall–Kier alpha value is 0.0958. The van der Waals surface area contributed by atoms with Crippen LogP contribution in [-0.4, -0.2) is 29.3 Å². The van der Waals surface area contributed by atoms with E-state index in [0.29, 0.717) is 0 Å². The third kappa shape index (κ3) is 52.7. The van der Waals surface area contributed by atoms with Gasteiger partial charge in [0.25, 0.3) is 0 Å². The average molecular weight is 659 g/mol. The molecule has 240 valence electrons. The van der Waals surface area contributed by atoms with Crippen molar-refractivity contribution in [2.45, 2.75) is 219 Å². The normalized spacial score (nSPS) is 10.3. The minimum atomic E-state index is -0.903. The Balaban J connectivity index is -0.000000328. The van der Waals surface area contributed by atoms with Gasteiger partial charge in [-0.3, -0.25) is 0 Å². The monoisotopic (exact) mass is 657 g/mol. The number of carbonyl (C=O) groups is 2. The second-order valence-corrected chi connectivity index (χ2v) is 12.1. The number of hydrogen-bond donors (Lipinski definition) is 0. The van der Waals surface area contributed by atoms with E-state index in [-0.39, 0.29) is 49.7 Å². The van der Waals surface area contributed by atoms with Crippen molar-refractivity contribution in [3.63, 3.8) is 0 Å². The van der Waals surface area contributed by atoms with Crippen LogP contribution < -0.4 is 10.2 Å². The van der Waals surface area contributed by atoms with E-state index in [1.54, 1.807) is 0 Å². The fourth-order valence-corrected chi connectivity index (χ4v) is 5.28. The summed E-state index contributed by atoms with van der Waals surface area (Å²) in [5, 5.41) is 20.4. The summed E-state index contributed by atoms with van der Waals surface area (Å²) in [5.74, 6) is -1.81. The van der Waals surface area contributed by atoms with Crippen LogP contribution in [0.3, 0.4) is 0 Å². The van der Waals surface area contributed by atoms with Crippen LogP contribution in [0.4, 0.5) is 0 Å². The topological polar surface area (TPSA) is 80.3 Å². The van der Waals surface area contributed by atoms with Crippen LogP contribution in [0, 0.1) is 0 Å². The first-order chi connectivity index (χ1) is 19.5. The van der Waals surface area contributed by atoms with E-state index in [1.807, 2.05) is 0 Å². The van der Waals surface area contributed by atoms with Crippen molar-refractivity contribution in [1.82, 2.24) is 0 Å². The maximum atomic E-state index is 10.2. The van der Waals surface area contributed by atoms with Crippen molar-refractivity contribution < 1.29 is 39.3 Å². The van der Waals surface area contributed by atoms with Gasteiger partial charge in [-0.15, -0.1) is 0 Å². The molecule has 0 unspecified atom stereocenters. The van der Waals surface area contributed by atoms with Gasteiger partial charge >= 0.3 is 36.8 Å². The number of carboxylic acid groups (broad SMARTS) is 2. The van der Waals surface area contributed by atoms with E-state index >= 15 is 0 Å². The summed E-state index contributed by atoms with van der Waals surface area (Å²) in [7, 11) is 0. The van der Waals surface area contributed by atoms with Crippen molar-refractivity contribution >= 4 is 29.3 Å². The maximum Gasteiger partial charge on any atom is 3.00 e. The van der Waals surface area contributed by atoms with Crippen LogP contribution >= 0.6 is 0 Å². The zero-order valence-corrected chi connectivity index (χ0v) is 32.7. The molecule has 6 heteroatoms. The summed E-state index contributed by atoms with van der Waals surface area (Å²) in [6.07, 6.45) is 39.7. The number of carbonyl (C=O) groups excluding carboxylic acids is 2. The van der Waals surface area contributed by atoms with Gasteiger partial charge in [0.05, 0.1) is 0 Å². The van der Waals surface area contributed by atoms with Gasteiger partial charge in [0.15, 0.2) is 0 Å². The molecule has 0 aromatic rings. The minimum Gasteiger partial charge on any atom is -0.550 e. The number of carboxylic acids is 2. The van der Waals surface area contributed by atoms with Crippen LogP contribution in [0.15, 0.2) is 0 Å². The van der Waals surface area contributed by atoms with Crippen LogP contribution in [0.5, 0.6) is 0 Å². The quantitative estimate of drug-likeness (QED) is 0.0532. The fourth-order valence-electron chi connectivity index (χ4n) is 5.28. The van der Waals surface area contributed by atoms with Gasteiger partial charge in [-0.05, 0) is 25.7 Å². The van der Waals surface area contributed by atoms with E-state index in [0.717, 1.165) is 25.7 Å². The summed E-state index contributed by atoms with van der Waals surface area (Å²) in [6.45, 7) is 4.53. The molecule has 42 heavy (non-hydrogen) atoms. The van der Waals surface area contributed by atoms with Gasteiger partial charge in [-0.25, -0.2) is 0 Å². The summed E-state index contributed by atoms with van der Waals surface area (Å²) in [6, 6.07) is 0. The van der Waals surface area contributed by atoms with E-state index in [1.165, 1.54) is 167 Å². The largest absolute Gasteiger partial charge is 3.00 e. The molecule has 0 heterocycles. The molecule has 0 aliphatic heterocycles. The molecule has 0 bridgehead atoms. The van der Waals surface area contributed by atoms with Crippen LogP contribution in [-0.2, 0) is 29.1 Å². The number of unbranched alkanes of at least 4 members (excludes halogenated alkanes) is 28. The summed E-state index contributed by atoms with van der Waals surface area (Å²) in [4.78, 5) is 20.4. The van der Waals surface area contributed by atoms with Crippen molar-refractivity contribution in [3.05, 3.63) is 0 Å². The molecule has 0 atom stereocenters. The van der Waals surface area contributed by atoms with E-state index in [2.05, 4.69) is 13.8 Å². The molecule has 0 saturated carbocycles. The Morgan fingerprint density at radius 2 is 0.476 bits per heavy atom. The molecule has 0 N–H and O–H groups in total. The average Bonchev–Trinajstić information content (AvgIpc) is 2.93. The molecule has 0 amide bonds. The smallest absolute Gasteiger partial charge is 0.550 e. The first-order valence-corrected chi connectivity index (χ1v) is 17.9.